The smallest absolute Gasteiger partial charge is 0.224 e. The molecule has 1 aliphatic heterocycles. The van der Waals surface area contributed by atoms with Gasteiger partial charge in [-0.3, -0.25) is 4.57 Å². The molecule has 2 aromatic heterocycles. The first-order valence-electron chi connectivity index (χ1n) is 7.06. The fraction of sp³-hybridized carbons (Fsp3) is 0.200. The molecule has 0 fully saturated rings. The molecule has 0 N–H and O–H groups in total. The average Bonchev–Trinajstić information content (AvgIpc) is 3.03. The second-order valence-corrected chi connectivity index (χ2v) is 5.37. The molecule has 1 atom stereocenters. The van der Waals surface area contributed by atoms with Crippen LogP contribution in [0.15, 0.2) is 42.9 Å². The second kappa shape index (κ2) is 5.06. The maximum atomic E-state index is 6.03. The van der Waals surface area contributed by atoms with Crippen molar-refractivity contribution in [2.24, 2.45) is 0 Å². The topological polar surface area (TPSA) is 59.7 Å². The highest BCUT2D eigenvalue weighted by molar-refractivity contribution is 6.28. The van der Waals surface area contributed by atoms with E-state index in [-0.39, 0.29) is 11.3 Å². The van der Waals surface area contributed by atoms with E-state index in [0.717, 1.165) is 29.4 Å². The number of benzene rings is 1. The summed E-state index contributed by atoms with van der Waals surface area (Å²) in [5.74, 6) is 1.65. The van der Waals surface area contributed by atoms with Gasteiger partial charge in [0.25, 0.3) is 0 Å². The van der Waals surface area contributed by atoms with Crippen molar-refractivity contribution in [3.63, 3.8) is 0 Å². The van der Waals surface area contributed by atoms with Gasteiger partial charge < -0.3 is 4.90 Å². The van der Waals surface area contributed by atoms with Crippen LogP contribution in [0.4, 0.5) is 11.5 Å². The highest BCUT2D eigenvalue weighted by Gasteiger charge is 2.34. The molecule has 1 aromatic carbocycles. The number of hydrogen-bond donors (Lipinski definition) is 0. The molecule has 0 saturated heterocycles. The first-order chi connectivity index (χ1) is 10.8. The zero-order valence-electron chi connectivity index (χ0n) is 11.9. The van der Waals surface area contributed by atoms with E-state index in [1.165, 1.54) is 0 Å². The molecule has 6 nitrogen and oxygen atoms in total. The summed E-state index contributed by atoms with van der Waals surface area (Å²) in [6.45, 7) is 2.12. The lowest BCUT2D eigenvalue weighted by Gasteiger charge is -2.36. The first-order valence-corrected chi connectivity index (χ1v) is 7.44. The summed E-state index contributed by atoms with van der Waals surface area (Å²) in [5, 5.41) is 8.57. The summed E-state index contributed by atoms with van der Waals surface area (Å²) >= 11 is 6.03. The van der Waals surface area contributed by atoms with Gasteiger partial charge >= 0.3 is 0 Å². The molecular weight excluding hydrogens is 300 g/mol. The van der Waals surface area contributed by atoms with Crippen molar-refractivity contribution in [3.05, 3.63) is 54.0 Å². The number of hydrogen-bond acceptors (Lipinski definition) is 5. The lowest BCUT2D eigenvalue weighted by Crippen LogP contribution is -2.32. The summed E-state index contributed by atoms with van der Waals surface area (Å²) in [4.78, 5) is 10.7. The van der Waals surface area contributed by atoms with Crippen LogP contribution in [0.1, 0.15) is 25.2 Å². The van der Waals surface area contributed by atoms with Crippen LogP contribution in [0.2, 0.25) is 5.28 Å². The molecule has 3 heterocycles. The number of para-hydroxylation sites is 1. The summed E-state index contributed by atoms with van der Waals surface area (Å²) in [7, 11) is 0. The van der Waals surface area contributed by atoms with Crippen molar-refractivity contribution in [2.45, 2.75) is 19.4 Å². The average molecular weight is 313 g/mol. The fourth-order valence-corrected chi connectivity index (χ4v) is 3.00. The van der Waals surface area contributed by atoms with E-state index in [2.05, 4.69) is 44.1 Å². The molecule has 4 rings (SSSR count). The van der Waals surface area contributed by atoms with Crippen LogP contribution in [-0.2, 0) is 0 Å². The Balaban J connectivity index is 2.00. The van der Waals surface area contributed by atoms with E-state index in [1.54, 1.807) is 12.5 Å². The molecule has 0 radical (unpaired) electrons. The standard InChI is InChI=1S/C15H13ClN6/c1-2-11-14-20-18-9-21(14)12-8-17-15(16)19-13(12)22(11)10-6-4-3-5-7-10/h3-9,11H,2H2,1H3. The summed E-state index contributed by atoms with van der Waals surface area (Å²) in [6.07, 6.45) is 4.27. The van der Waals surface area contributed by atoms with Crippen LogP contribution in [0.25, 0.3) is 5.69 Å². The number of anilines is 2. The van der Waals surface area contributed by atoms with Gasteiger partial charge in [0.15, 0.2) is 11.6 Å². The number of aromatic nitrogens is 5. The van der Waals surface area contributed by atoms with Crippen molar-refractivity contribution in [1.82, 2.24) is 24.7 Å². The molecule has 22 heavy (non-hydrogen) atoms. The molecule has 0 bridgehead atoms. The van der Waals surface area contributed by atoms with Crippen LogP contribution in [-0.4, -0.2) is 24.7 Å². The second-order valence-electron chi connectivity index (χ2n) is 5.04. The predicted octanol–water partition coefficient (Wildman–Crippen LogP) is 3.31. The first kappa shape index (κ1) is 13.2. The Kier molecular flexibility index (Phi) is 3.04. The molecule has 0 saturated carbocycles. The minimum atomic E-state index is 0.0448. The lowest BCUT2D eigenvalue weighted by atomic mass is 10.1. The van der Waals surface area contributed by atoms with Gasteiger partial charge in [-0.05, 0) is 30.2 Å². The fourth-order valence-electron chi connectivity index (χ4n) is 2.87. The molecule has 0 amide bonds. The van der Waals surface area contributed by atoms with Crippen LogP contribution in [0.3, 0.4) is 0 Å². The SMILES string of the molecule is CCC1c2nncn2-c2cnc(Cl)nc2N1c1ccccc1. The normalized spacial score (nSPS) is 16.3. The molecule has 1 unspecified atom stereocenters. The Hall–Kier alpha value is -2.47. The molecule has 1 aliphatic rings. The van der Waals surface area contributed by atoms with Crippen LogP contribution < -0.4 is 4.90 Å². The maximum absolute atomic E-state index is 6.03. The largest absolute Gasteiger partial charge is 0.314 e. The van der Waals surface area contributed by atoms with Gasteiger partial charge in [0, 0.05) is 5.69 Å². The Bertz CT molecular complexity index is 816. The number of nitrogens with zero attached hydrogens (tertiary/aromatic N) is 6. The predicted molar refractivity (Wildman–Crippen MR) is 83.6 cm³/mol. The van der Waals surface area contributed by atoms with E-state index in [0.29, 0.717) is 0 Å². The van der Waals surface area contributed by atoms with Gasteiger partial charge in [-0.25, -0.2) is 4.98 Å². The van der Waals surface area contributed by atoms with Crippen molar-refractivity contribution in [3.8, 4) is 5.69 Å². The highest BCUT2D eigenvalue weighted by Crippen LogP contribution is 2.42. The van der Waals surface area contributed by atoms with Gasteiger partial charge in [0.2, 0.25) is 5.28 Å². The van der Waals surface area contributed by atoms with Crippen molar-refractivity contribution in [2.75, 3.05) is 4.90 Å². The summed E-state index contributed by atoms with van der Waals surface area (Å²) in [5.41, 5.74) is 1.87. The van der Waals surface area contributed by atoms with Crippen molar-refractivity contribution >= 4 is 23.1 Å². The van der Waals surface area contributed by atoms with Gasteiger partial charge in [-0.15, -0.1) is 10.2 Å². The summed E-state index contributed by atoms with van der Waals surface area (Å²) in [6, 6.07) is 10.1. The third kappa shape index (κ3) is 1.88. The Morgan fingerprint density at radius 1 is 1.23 bits per heavy atom. The van der Waals surface area contributed by atoms with E-state index in [4.69, 9.17) is 11.6 Å². The highest BCUT2D eigenvalue weighted by atomic mass is 35.5. The monoisotopic (exact) mass is 312 g/mol. The van der Waals surface area contributed by atoms with E-state index < -0.39 is 0 Å². The Morgan fingerprint density at radius 3 is 2.82 bits per heavy atom. The molecule has 3 aromatic rings. The van der Waals surface area contributed by atoms with Gasteiger partial charge in [0.05, 0.1) is 12.2 Å². The number of fused-ring (bicyclic) bond motifs is 3. The zero-order valence-corrected chi connectivity index (χ0v) is 12.6. The molecule has 7 heteroatoms. The molecule has 0 spiro atoms. The van der Waals surface area contributed by atoms with Crippen LogP contribution in [0.5, 0.6) is 0 Å². The third-order valence-corrected chi connectivity index (χ3v) is 4.00. The Labute approximate surface area is 132 Å². The zero-order chi connectivity index (χ0) is 15.1. The Morgan fingerprint density at radius 2 is 2.05 bits per heavy atom. The van der Waals surface area contributed by atoms with Crippen LogP contribution >= 0.6 is 11.6 Å². The van der Waals surface area contributed by atoms with Gasteiger partial charge in [0.1, 0.15) is 12.0 Å². The lowest BCUT2D eigenvalue weighted by molar-refractivity contribution is 0.589. The molecule has 110 valence electrons. The van der Waals surface area contributed by atoms with E-state index in [9.17, 15) is 0 Å². The van der Waals surface area contributed by atoms with Crippen molar-refractivity contribution in [1.29, 1.82) is 0 Å². The van der Waals surface area contributed by atoms with Crippen molar-refractivity contribution < 1.29 is 0 Å². The van der Waals surface area contributed by atoms with E-state index in [1.807, 2.05) is 22.8 Å². The van der Waals surface area contributed by atoms with Gasteiger partial charge in [-0.1, -0.05) is 25.1 Å². The van der Waals surface area contributed by atoms with Gasteiger partial charge in [-0.2, -0.15) is 4.98 Å². The quantitative estimate of drug-likeness (QED) is 0.679. The van der Waals surface area contributed by atoms with E-state index >= 15 is 0 Å². The summed E-state index contributed by atoms with van der Waals surface area (Å²) < 4.78 is 1.93. The maximum Gasteiger partial charge on any atom is 0.224 e. The van der Waals surface area contributed by atoms with Crippen LogP contribution in [0, 0.1) is 0 Å². The molecule has 0 aliphatic carbocycles. The third-order valence-electron chi connectivity index (χ3n) is 3.81. The number of halogens is 1. The minimum absolute atomic E-state index is 0.0448. The minimum Gasteiger partial charge on any atom is -0.314 e. The molecular formula is C15H13ClN6. The number of rotatable bonds is 2.